The molecule has 0 bridgehead atoms. The molecule has 2 aromatic carbocycles. The quantitative estimate of drug-likeness (QED) is 0.606. The monoisotopic (exact) mass is 314 g/mol. The highest BCUT2D eigenvalue weighted by atomic mass is 35.5. The Morgan fingerprint density at radius 1 is 0.800 bits per heavy atom. The van der Waals surface area contributed by atoms with E-state index >= 15 is 0 Å². The van der Waals surface area contributed by atoms with Crippen molar-refractivity contribution in [3.8, 4) is 10.4 Å². The average Bonchev–Trinajstić information content (AvgIpc) is 2.79. The van der Waals surface area contributed by atoms with Gasteiger partial charge in [0.15, 0.2) is 9.58 Å². The summed E-state index contributed by atoms with van der Waals surface area (Å²) in [7, 11) is -1.85. The Labute approximate surface area is 123 Å². The maximum Gasteiger partial charge on any atom is 0.601 e. The van der Waals surface area contributed by atoms with Crippen LogP contribution in [0.2, 0.25) is 0 Å². The van der Waals surface area contributed by atoms with Gasteiger partial charge in [0.25, 0.3) is 0 Å². The summed E-state index contributed by atoms with van der Waals surface area (Å²) in [5.41, 5.74) is -3.60. The van der Waals surface area contributed by atoms with Gasteiger partial charge in [-0.1, -0.05) is 30.3 Å². The van der Waals surface area contributed by atoms with E-state index in [1.807, 2.05) is 0 Å². The van der Waals surface area contributed by atoms with E-state index < -0.39 is 16.0 Å². The fourth-order valence-corrected chi connectivity index (χ4v) is 4.09. The molecule has 0 aliphatic rings. The lowest BCUT2D eigenvalue weighted by Gasteiger charge is -2.00. The van der Waals surface area contributed by atoms with Gasteiger partial charge in [-0.05, 0) is 24.3 Å². The molecule has 1 atom stereocenters. The first-order valence-electron chi connectivity index (χ1n) is 5.74. The number of fused-ring (bicyclic) bond motifs is 1. The zero-order valence-corrected chi connectivity index (χ0v) is 11.8. The second-order valence-electron chi connectivity index (χ2n) is 4.16. The van der Waals surface area contributed by atoms with Gasteiger partial charge in [0.1, 0.15) is 10.5 Å². The van der Waals surface area contributed by atoms with Gasteiger partial charge in [-0.2, -0.15) is 0 Å². The van der Waals surface area contributed by atoms with E-state index in [1.54, 1.807) is 60.7 Å². The van der Waals surface area contributed by atoms with E-state index in [4.69, 9.17) is 0 Å². The fraction of sp³-hybridized carbons (Fsp3) is 0.0667. The molecule has 0 saturated heterocycles. The third-order valence-electron chi connectivity index (χ3n) is 2.94. The molecule has 0 fully saturated rings. The van der Waals surface area contributed by atoms with E-state index in [2.05, 4.69) is 0 Å². The van der Waals surface area contributed by atoms with Crippen LogP contribution < -0.4 is 12.4 Å². The van der Waals surface area contributed by atoms with Crippen molar-refractivity contribution in [2.45, 2.75) is 5.51 Å². The minimum absolute atomic E-state index is 0. The summed E-state index contributed by atoms with van der Waals surface area (Å²) < 4.78 is 40.4. The smallest absolute Gasteiger partial charge is 0.601 e. The lowest BCUT2D eigenvalue weighted by molar-refractivity contribution is -0.0864. The summed E-state index contributed by atoms with van der Waals surface area (Å²) in [6, 6.07) is 17.2. The first-order chi connectivity index (χ1) is 9.07. The maximum absolute atomic E-state index is 13.3. The third kappa shape index (κ3) is 2.53. The molecule has 20 heavy (non-hydrogen) atoms. The molecule has 0 N–H and O–H groups in total. The fourth-order valence-electron chi connectivity index (χ4n) is 2.16. The molecule has 5 heteroatoms. The van der Waals surface area contributed by atoms with Gasteiger partial charge in [-0.3, -0.25) is 0 Å². The second kappa shape index (κ2) is 5.46. The van der Waals surface area contributed by atoms with Crippen molar-refractivity contribution in [1.29, 1.82) is 0 Å². The largest absolute Gasteiger partial charge is 1.00 e. The molecule has 3 rings (SSSR count). The van der Waals surface area contributed by atoms with E-state index in [9.17, 15) is 13.2 Å². The molecule has 0 radical (unpaired) electrons. The molecule has 1 heterocycles. The van der Waals surface area contributed by atoms with Gasteiger partial charge in [-0.25, -0.2) is 0 Å². The molecular weight excluding hydrogens is 305 g/mol. The normalized spacial score (nSPS) is 12.2. The maximum atomic E-state index is 13.3. The minimum atomic E-state index is -4.24. The minimum Gasteiger partial charge on any atom is -1.00 e. The number of hydrogen-bond donors (Lipinski definition) is 0. The Bertz CT molecular complexity index is 717. The van der Waals surface area contributed by atoms with Crippen molar-refractivity contribution in [2.75, 3.05) is 0 Å². The Balaban J connectivity index is 0.00000147. The molecule has 0 aliphatic carbocycles. The Morgan fingerprint density at radius 2 is 1.40 bits per heavy atom. The predicted molar refractivity (Wildman–Crippen MR) is 73.2 cm³/mol. The van der Waals surface area contributed by atoms with Gasteiger partial charge in [0.2, 0.25) is 0 Å². The Kier molecular flexibility index (Phi) is 4.06. The summed E-state index contributed by atoms with van der Waals surface area (Å²) in [5.74, 6) is 0. The molecule has 1 aromatic heterocycles. The Hall–Kier alpha value is -1.52. The highest BCUT2D eigenvalue weighted by Crippen LogP contribution is 2.54. The van der Waals surface area contributed by atoms with Gasteiger partial charge in [-0.15, -0.1) is 13.2 Å². The van der Waals surface area contributed by atoms with Crippen LogP contribution in [0.3, 0.4) is 0 Å². The summed E-state index contributed by atoms with van der Waals surface area (Å²) in [6.45, 7) is 0. The highest BCUT2D eigenvalue weighted by Gasteiger charge is 2.48. The lowest BCUT2D eigenvalue weighted by Crippen LogP contribution is -3.00. The molecule has 0 saturated carbocycles. The first-order valence-corrected chi connectivity index (χ1v) is 6.97. The molecule has 3 aromatic rings. The summed E-state index contributed by atoms with van der Waals surface area (Å²) in [5, 5.41) is 0.669. The van der Waals surface area contributed by atoms with Crippen molar-refractivity contribution >= 4 is 20.6 Å². The van der Waals surface area contributed by atoms with Crippen molar-refractivity contribution in [2.24, 2.45) is 0 Å². The van der Waals surface area contributed by atoms with Crippen LogP contribution in [0.15, 0.2) is 60.7 Å². The van der Waals surface area contributed by atoms with Gasteiger partial charge >= 0.3 is 5.51 Å². The van der Waals surface area contributed by atoms with Crippen molar-refractivity contribution in [1.82, 2.24) is 0 Å². The average molecular weight is 315 g/mol. The van der Waals surface area contributed by atoms with E-state index in [0.717, 1.165) is 0 Å². The number of halogens is 4. The van der Waals surface area contributed by atoms with Gasteiger partial charge in [0, 0.05) is 17.0 Å². The first kappa shape index (κ1) is 14.9. The topological polar surface area (TPSA) is 0 Å². The van der Waals surface area contributed by atoms with Crippen LogP contribution >= 0.6 is 10.5 Å². The SMILES string of the molecule is FC(F)(F)[s+]1c(-c2ccccc2)cc2ccccc21.[Cl-]. The van der Waals surface area contributed by atoms with Crippen LogP contribution in [-0.4, -0.2) is 0 Å². The number of hydrogen-bond acceptors (Lipinski definition) is 0. The number of rotatable bonds is 1. The molecule has 0 spiro atoms. The van der Waals surface area contributed by atoms with Crippen LogP contribution in [0.25, 0.3) is 20.5 Å². The summed E-state index contributed by atoms with van der Waals surface area (Å²) in [6.07, 6.45) is 0. The molecular formula is C15H10ClF3S. The molecule has 0 nitrogen and oxygen atoms in total. The van der Waals surface area contributed by atoms with Crippen molar-refractivity contribution < 1.29 is 25.6 Å². The van der Waals surface area contributed by atoms with Crippen LogP contribution in [0.5, 0.6) is 0 Å². The summed E-state index contributed by atoms with van der Waals surface area (Å²) >= 11 is 0. The molecule has 1 unspecified atom stereocenters. The molecule has 0 aliphatic heterocycles. The van der Waals surface area contributed by atoms with Gasteiger partial charge < -0.3 is 12.4 Å². The standard InChI is InChI=1S/C15H10F3S.ClH/c16-15(17,18)19-13-9-5-4-8-12(13)10-14(19)11-6-2-1-3-7-11;/h1-10H;1H/q+1;/p-1. The lowest BCUT2D eigenvalue weighted by atomic mass is 10.2. The molecule has 0 amide bonds. The number of thiophene rings is 1. The van der Waals surface area contributed by atoms with E-state index in [-0.39, 0.29) is 12.4 Å². The van der Waals surface area contributed by atoms with Crippen LogP contribution in [0, 0.1) is 0 Å². The number of alkyl halides is 3. The molecule has 104 valence electrons. The van der Waals surface area contributed by atoms with Crippen LogP contribution in [0.4, 0.5) is 13.2 Å². The van der Waals surface area contributed by atoms with Crippen molar-refractivity contribution in [3.05, 3.63) is 60.7 Å². The van der Waals surface area contributed by atoms with Crippen LogP contribution in [0.1, 0.15) is 0 Å². The summed E-state index contributed by atoms with van der Waals surface area (Å²) in [4.78, 5) is 0.356. The van der Waals surface area contributed by atoms with E-state index in [1.165, 1.54) is 0 Å². The van der Waals surface area contributed by atoms with Gasteiger partial charge in [0.05, 0.1) is 0 Å². The zero-order chi connectivity index (χ0) is 13.5. The highest BCUT2D eigenvalue weighted by molar-refractivity contribution is 7.41. The van der Waals surface area contributed by atoms with E-state index in [0.29, 0.717) is 20.5 Å². The zero-order valence-electron chi connectivity index (χ0n) is 10.2. The second-order valence-corrected chi connectivity index (χ2v) is 6.12. The Morgan fingerprint density at radius 3 is 2.05 bits per heavy atom. The third-order valence-corrected chi connectivity index (χ3v) is 5.00. The van der Waals surface area contributed by atoms with Crippen LogP contribution in [-0.2, 0) is 5.51 Å². The van der Waals surface area contributed by atoms with Crippen molar-refractivity contribution in [3.63, 3.8) is 0 Å². The number of benzene rings is 2. The predicted octanol–water partition coefficient (Wildman–Crippen LogP) is 2.74.